The number of hydrogen-bond donors (Lipinski definition) is 0. The summed E-state index contributed by atoms with van der Waals surface area (Å²) in [5, 5.41) is 0. The third kappa shape index (κ3) is 5.18. The molecule has 162 valence electrons. The van der Waals surface area contributed by atoms with E-state index in [1.165, 1.54) is 0 Å². The molecule has 0 fully saturated rings. The first-order valence-electron chi connectivity index (χ1n) is 9.90. The van der Waals surface area contributed by atoms with Crippen molar-refractivity contribution in [1.82, 2.24) is 0 Å². The summed E-state index contributed by atoms with van der Waals surface area (Å²) in [5.41, 5.74) is 1.67. The van der Waals surface area contributed by atoms with Crippen LogP contribution in [0.2, 0.25) is 0 Å². The second-order valence-corrected chi connectivity index (χ2v) is 7.60. The van der Waals surface area contributed by atoms with Crippen molar-refractivity contribution in [2.45, 2.75) is 0 Å². The fourth-order valence-corrected chi connectivity index (χ4v) is 3.63. The summed E-state index contributed by atoms with van der Waals surface area (Å²) in [5.74, 6) is 1.63. The Labute approximate surface area is 194 Å². The van der Waals surface area contributed by atoms with Crippen LogP contribution in [0.5, 0.6) is 17.2 Å². The number of hydrogen-bond acceptors (Lipinski definition) is 6. The van der Waals surface area contributed by atoms with Crippen LogP contribution in [0.1, 0.15) is 11.1 Å². The third-order valence-electron chi connectivity index (χ3n) is 4.54. The van der Waals surface area contributed by atoms with Crippen molar-refractivity contribution in [3.05, 3.63) is 94.1 Å². The van der Waals surface area contributed by atoms with Gasteiger partial charge in [-0.1, -0.05) is 36.4 Å². The van der Waals surface area contributed by atoms with Gasteiger partial charge in [-0.2, -0.15) is 0 Å². The van der Waals surface area contributed by atoms with Gasteiger partial charge in [0.1, 0.15) is 19.0 Å². The Morgan fingerprint density at radius 2 is 1.66 bits per heavy atom. The predicted molar refractivity (Wildman–Crippen MR) is 125 cm³/mol. The highest BCUT2D eigenvalue weighted by Gasteiger charge is 2.24. The molecule has 4 rings (SSSR count). The lowest BCUT2D eigenvalue weighted by Crippen LogP contribution is -2.10. The van der Waals surface area contributed by atoms with Crippen LogP contribution in [-0.4, -0.2) is 32.2 Å². The molecular formula is C25H20BrNO5. The normalized spacial score (nSPS) is 14.1. The molecule has 0 atom stereocenters. The molecule has 0 N–H and O–H groups in total. The SMILES string of the molecule is COc1cc(/C=C2\N=C(c3ccccc3)OC2=O)cc(Br)c1OCCOc1ccccc1. The maximum Gasteiger partial charge on any atom is 0.363 e. The molecule has 0 saturated heterocycles. The van der Waals surface area contributed by atoms with Gasteiger partial charge in [0.2, 0.25) is 5.90 Å². The zero-order valence-electron chi connectivity index (χ0n) is 17.3. The van der Waals surface area contributed by atoms with Crippen LogP contribution in [0.15, 0.2) is 88.0 Å². The molecular weight excluding hydrogens is 474 g/mol. The summed E-state index contributed by atoms with van der Waals surface area (Å²) >= 11 is 3.52. The number of para-hydroxylation sites is 1. The molecule has 0 bridgehead atoms. The van der Waals surface area contributed by atoms with Gasteiger partial charge in [0.25, 0.3) is 0 Å². The van der Waals surface area contributed by atoms with E-state index in [0.29, 0.717) is 34.7 Å². The van der Waals surface area contributed by atoms with Crippen LogP contribution in [0.4, 0.5) is 0 Å². The molecule has 0 spiro atoms. The minimum Gasteiger partial charge on any atom is -0.493 e. The lowest BCUT2D eigenvalue weighted by molar-refractivity contribution is -0.129. The van der Waals surface area contributed by atoms with Gasteiger partial charge in [0.15, 0.2) is 17.2 Å². The zero-order valence-corrected chi connectivity index (χ0v) is 18.9. The number of cyclic esters (lactones) is 1. The van der Waals surface area contributed by atoms with E-state index in [0.717, 1.165) is 11.3 Å². The van der Waals surface area contributed by atoms with Crippen LogP contribution in [0.25, 0.3) is 6.08 Å². The van der Waals surface area contributed by atoms with Gasteiger partial charge in [-0.15, -0.1) is 0 Å². The smallest absolute Gasteiger partial charge is 0.363 e. The Hall–Kier alpha value is -3.58. The zero-order chi connectivity index (χ0) is 22.3. The van der Waals surface area contributed by atoms with Gasteiger partial charge in [0, 0.05) is 5.56 Å². The first-order valence-corrected chi connectivity index (χ1v) is 10.7. The van der Waals surface area contributed by atoms with Crippen molar-refractivity contribution in [1.29, 1.82) is 0 Å². The summed E-state index contributed by atoms with van der Waals surface area (Å²) in [6.45, 7) is 0.718. The molecule has 6 nitrogen and oxygen atoms in total. The van der Waals surface area contributed by atoms with Crippen LogP contribution >= 0.6 is 15.9 Å². The van der Waals surface area contributed by atoms with E-state index < -0.39 is 5.97 Å². The van der Waals surface area contributed by atoms with Gasteiger partial charge in [-0.3, -0.25) is 0 Å². The highest BCUT2D eigenvalue weighted by molar-refractivity contribution is 9.10. The van der Waals surface area contributed by atoms with Crippen molar-refractivity contribution in [3.63, 3.8) is 0 Å². The maximum absolute atomic E-state index is 12.3. The minimum atomic E-state index is -0.502. The average Bonchev–Trinajstić information content (AvgIpc) is 3.18. The Morgan fingerprint density at radius 1 is 0.969 bits per heavy atom. The fraction of sp³-hybridized carbons (Fsp3) is 0.120. The number of carbonyl (C=O) groups is 1. The second-order valence-electron chi connectivity index (χ2n) is 6.75. The van der Waals surface area contributed by atoms with E-state index in [1.54, 1.807) is 19.3 Å². The molecule has 0 amide bonds. The third-order valence-corrected chi connectivity index (χ3v) is 5.13. The molecule has 3 aromatic carbocycles. The molecule has 0 unspecified atom stereocenters. The number of halogens is 1. The van der Waals surface area contributed by atoms with Crippen molar-refractivity contribution in [2.75, 3.05) is 20.3 Å². The van der Waals surface area contributed by atoms with E-state index in [9.17, 15) is 4.79 Å². The Balaban J connectivity index is 1.48. The number of rotatable bonds is 8. The van der Waals surface area contributed by atoms with Crippen molar-refractivity contribution < 1.29 is 23.7 Å². The lowest BCUT2D eigenvalue weighted by atomic mass is 10.1. The summed E-state index contributed by atoms with van der Waals surface area (Å²) in [6.07, 6.45) is 1.65. The van der Waals surface area contributed by atoms with Gasteiger partial charge in [0.05, 0.1) is 11.6 Å². The molecule has 1 aliphatic heterocycles. The second kappa shape index (κ2) is 10.2. The van der Waals surface area contributed by atoms with Gasteiger partial charge < -0.3 is 18.9 Å². The van der Waals surface area contributed by atoms with E-state index in [4.69, 9.17) is 18.9 Å². The molecule has 0 saturated carbocycles. The highest BCUT2D eigenvalue weighted by atomic mass is 79.9. The van der Waals surface area contributed by atoms with Crippen LogP contribution < -0.4 is 14.2 Å². The summed E-state index contributed by atoms with van der Waals surface area (Å²) in [7, 11) is 1.56. The highest BCUT2D eigenvalue weighted by Crippen LogP contribution is 2.37. The molecule has 32 heavy (non-hydrogen) atoms. The number of nitrogens with zero attached hydrogens (tertiary/aromatic N) is 1. The molecule has 3 aromatic rings. The monoisotopic (exact) mass is 493 g/mol. The standard InChI is InChI=1S/C25H20BrNO5/c1-29-22-16-17(15-21-25(28)32-24(27-21)18-8-4-2-5-9-18)14-20(26)23(22)31-13-12-30-19-10-6-3-7-11-19/h2-11,14-16H,12-13H2,1H3/b21-15-. The minimum absolute atomic E-state index is 0.211. The number of benzene rings is 3. The first-order chi connectivity index (χ1) is 15.6. The van der Waals surface area contributed by atoms with Crippen LogP contribution in [0, 0.1) is 0 Å². The van der Waals surface area contributed by atoms with E-state index in [-0.39, 0.29) is 11.6 Å². The number of esters is 1. The predicted octanol–water partition coefficient (Wildman–Crippen LogP) is 5.26. The summed E-state index contributed by atoms with van der Waals surface area (Å²) in [6, 6.07) is 22.4. The summed E-state index contributed by atoms with van der Waals surface area (Å²) in [4.78, 5) is 16.6. The number of methoxy groups -OCH3 is 1. The number of carbonyl (C=O) groups excluding carboxylic acids is 1. The maximum atomic E-state index is 12.3. The van der Waals surface area contributed by atoms with Crippen LogP contribution in [0.3, 0.4) is 0 Å². The molecule has 0 aliphatic carbocycles. The molecule has 1 aliphatic rings. The van der Waals surface area contributed by atoms with Gasteiger partial charge in [-0.25, -0.2) is 9.79 Å². The lowest BCUT2D eigenvalue weighted by Gasteiger charge is -2.14. The van der Waals surface area contributed by atoms with Crippen LogP contribution in [-0.2, 0) is 9.53 Å². The quantitative estimate of drug-likeness (QED) is 0.243. The van der Waals surface area contributed by atoms with Gasteiger partial charge >= 0.3 is 5.97 Å². The molecule has 0 aromatic heterocycles. The first kappa shape index (κ1) is 21.6. The summed E-state index contributed by atoms with van der Waals surface area (Å²) < 4.78 is 23.0. The molecule has 1 heterocycles. The average molecular weight is 494 g/mol. The topological polar surface area (TPSA) is 66.4 Å². The Bertz CT molecular complexity index is 1160. The molecule has 7 heteroatoms. The van der Waals surface area contributed by atoms with Crippen molar-refractivity contribution in [3.8, 4) is 17.2 Å². The van der Waals surface area contributed by atoms with Crippen molar-refractivity contribution >= 4 is 33.9 Å². The number of ether oxygens (including phenoxy) is 4. The van der Waals surface area contributed by atoms with Gasteiger partial charge in [-0.05, 0) is 64.0 Å². The number of aliphatic imine (C=N–C) groups is 1. The van der Waals surface area contributed by atoms with E-state index in [2.05, 4.69) is 20.9 Å². The fourth-order valence-electron chi connectivity index (χ4n) is 3.05. The Morgan fingerprint density at radius 3 is 2.38 bits per heavy atom. The molecule has 0 radical (unpaired) electrons. The van der Waals surface area contributed by atoms with Crippen molar-refractivity contribution in [2.24, 2.45) is 4.99 Å². The van der Waals surface area contributed by atoms with E-state index in [1.807, 2.05) is 66.7 Å². The Kier molecular flexibility index (Phi) is 6.87. The largest absolute Gasteiger partial charge is 0.493 e. The van der Waals surface area contributed by atoms with E-state index >= 15 is 0 Å².